The number of rotatable bonds is 2. The Morgan fingerprint density at radius 3 is 2.22 bits per heavy atom. The number of aryl methyl sites for hydroxylation is 1. The normalized spacial score (nSPS) is 21.7. The van der Waals surface area contributed by atoms with Crippen LogP contribution >= 0.6 is 0 Å². The summed E-state index contributed by atoms with van der Waals surface area (Å²) >= 11 is 0. The maximum absolute atomic E-state index is 5.87. The zero-order valence-corrected chi connectivity index (χ0v) is 11.7. The van der Waals surface area contributed by atoms with E-state index in [0.29, 0.717) is 0 Å². The molecule has 3 nitrogen and oxygen atoms in total. The van der Waals surface area contributed by atoms with Crippen molar-refractivity contribution in [2.75, 3.05) is 0 Å². The minimum Gasteiger partial charge on any atom is -0.400 e. The molecule has 1 aliphatic heterocycles. The van der Waals surface area contributed by atoms with E-state index in [0.717, 1.165) is 11.3 Å². The van der Waals surface area contributed by atoms with Gasteiger partial charge in [-0.15, -0.1) is 0 Å². The van der Waals surface area contributed by atoms with Crippen molar-refractivity contribution in [2.45, 2.75) is 45.8 Å². The molecule has 96 valence electrons. The van der Waals surface area contributed by atoms with E-state index in [4.69, 9.17) is 9.31 Å². The highest BCUT2D eigenvalue weighted by Gasteiger charge is 2.49. The Bertz CT molecular complexity index is 435. The van der Waals surface area contributed by atoms with Gasteiger partial charge in [0, 0.05) is 6.20 Å². The first-order chi connectivity index (χ1) is 8.30. The second-order valence-electron chi connectivity index (χ2n) is 5.74. The Morgan fingerprint density at radius 2 is 1.72 bits per heavy atom. The molecule has 0 bridgehead atoms. The standard InChI is InChI=1S/C14H20BNO2/c1-11-6-7-12(16-10-11)8-9-15-17-13(2,3)14(4,5)18-15/h6-10H,1-5H3/b9-8+. The van der Waals surface area contributed by atoms with Crippen LogP contribution in [-0.2, 0) is 9.31 Å². The highest BCUT2D eigenvalue weighted by molar-refractivity contribution is 6.52. The largest absolute Gasteiger partial charge is 0.487 e. The molecule has 0 unspecified atom stereocenters. The molecule has 1 aromatic heterocycles. The molecule has 1 fully saturated rings. The van der Waals surface area contributed by atoms with Crippen LogP contribution in [0.4, 0.5) is 0 Å². The Labute approximate surface area is 109 Å². The van der Waals surface area contributed by atoms with Gasteiger partial charge in [-0.25, -0.2) is 0 Å². The van der Waals surface area contributed by atoms with Crippen LogP contribution in [0.1, 0.15) is 39.0 Å². The Morgan fingerprint density at radius 1 is 1.11 bits per heavy atom. The summed E-state index contributed by atoms with van der Waals surface area (Å²) in [7, 11) is -0.307. The van der Waals surface area contributed by atoms with Gasteiger partial charge in [-0.1, -0.05) is 12.0 Å². The van der Waals surface area contributed by atoms with Crippen molar-refractivity contribution < 1.29 is 9.31 Å². The summed E-state index contributed by atoms with van der Waals surface area (Å²) in [6, 6.07) is 4.02. The van der Waals surface area contributed by atoms with Crippen molar-refractivity contribution >= 4 is 13.2 Å². The van der Waals surface area contributed by atoms with E-state index in [9.17, 15) is 0 Å². The van der Waals surface area contributed by atoms with Gasteiger partial charge in [0.25, 0.3) is 0 Å². The van der Waals surface area contributed by atoms with Gasteiger partial charge < -0.3 is 9.31 Å². The lowest BCUT2D eigenvalue weighted by atomic mass is 9.89. The molecule has 0 saturated carbocycles. The van der Waals surface area contributed by atoms with Crippen LogP contribution in [0.15, 0.2) is 24.3 Å². The van der Waals surface area contributed by atoms with Gasteiger partial charge >= 0.3 is 7.12 Å². The van der Waals surface area contributed by atoms with E-state index in [2.05, 4.69) is 4.98 Å². The molecule has 1 aliphatic rings. The fourth-order valence-electron chi connectivity index (χ4n) is 1.72. The Balaban J connectivity index is 2.06. The van der Waals surface area contributed by atoms with Gasteiger partial charge in [-0.05, 0) is 52.3 Å². The first kappa shape index (κ1) is 13.3. The summed E-state index contributed by atoms with van der Waals surface area (Å²) in [5.74, 6) is 1.91. The summed E-state index contributed by atoms with van der Waals surface area (Å²) in [6.45, 7) is 10.2. The highest BCUT2D eigenvalue weighted by Crippen LogP contribution is 2.36. The molecule has 0 atom stereocenters. The molecular weight excluding hydrogens is 225 g/mol. The lowest BCUT2D eigenvalue weighted by Crippen LogP contribution is -2.41. The average molecular weight is 245 g/mol. The first-order valence-corrected chi connectivity index (χ1v) is 6.27. The van der Waals surface area contributed by atoms with E-state index in [1.54, 1.807) is 0 Å². The summed E-state index contributed by atoms with van der Waals surface area (Å²) in [5, 5.41) is 0. The van der Waals surface area contributed by atoms with E-state index in [1.165, 1.54) is 0 Å². The van der Waals surface area contributed by atoms with Crippen molar-refractivity contribution in [1.82, 2.24) is 4.98 Å². The van der Waals surface area contributed by atoms with E-state index < -0.39 is 0 Å². The van der Waals surface area contributed by atoms with Crippen molar-refractivity contribution in [3.05, 3.63) is 35.6 Å². The van der Waals surface area contributed by atoms with Gasteiger partial charge in [0.1, 0.15) is 0 Å². The molecule has 1 aromatic rings. The zero-order valence-electron chi connectivity index (χ0n) is 11.7. The second kappa shape index (κ2) is 4.52. The topological polar surface area (TPSA) is 31.4 Å². The third-order valence-corrected chi connectivity index (χ3v) is 3.63. The molecule has 0 spiro atoms. The van der Waals surface area contributed by atoms with Crippen molar-refractivity contribution in [3.63, 3.8) is 0 Å². The third kappa shape index (κ3) is 2.65. The van der Waals surface area contributed by atoms with Gasteiger partial charge in [0.05, 0.1) is 16.9 Å². The maximum Gasteiger partial charge on any atom is 0.487 e. The van der Waals surface area contributed by atoms with Gasteiger partial charge in [-0.2, -0.15) is 0 Å². The molecule has 0 radical (unpaired) electrons. The number of hydrogen-bond acceptors (Lipinski definition) is 3. The Hall–Kier alpha value is -1.13. The second-order valence-corrected chi connectivity index (χ2v) is 5.74. The summed E-state index contributed by atoms with van der Waals surface area (Å²) in [6.07, 6.45) is 3.78. The van der Waals surface area contributed by atoms with Crippen LogP contribution in [0.5, 0.6) is 0 Å². The molecule has 0 aliphatic carbocycles. The van der Waals surface area contributed by atoms with Crippen LogP contribution < -0.4 is 0 Å². The van der Waals surface area contributed by atoms with Crippen LogP contribution in [-0.4, -0.2) is 23.3 Å². The number of hydrogen-bond donors (Lipinski definition) is 0. The fourth-order valence-corrected chi connectivity index (χ4v) is 1.72. The predicted molar refractivity (Wildman–Crippen MR) is 74.1 cm³/mol. The summed E-state index contributed by atoms with van der Waals surface area (Å²) in [4.78, 5) is 4.31. The van der Waals surface area contributed by atoms with E-state index >= 15 is 0 Å². The lowest BCUT2D eigenvalue weighted by molar-refractivity contribution is 0.00578. The van der Waals surface area contributed by atoms with Crippen LogP contribution in [0.3, 0.4) is 0 Å². The van der Waals surface area contributed by atoms with E-state index in [-0.39, 0.29) is 18.3 Å². The van der Waals surface area contributed by atoms with E-state index in [1.807, 2.05) is 65.0 Å². The minimum atomic E-state index is -0.307. The molecule has 0 aromatic carbocycles. The first-order valence-electron chi connectivity index (χ1n) is 6.27. The molecule has 1 saturated heterocycles. The van der Waals surface area contributed by atoms with Gasteiger partial charge in [0.15, 0.2) is 0 Å². The van der Waals surface area contributed by atoms with Crippen molar-refractivity contribution in [3.8, 4) is 0 Å². The third-order valence-electron chi connectivity index (χ3n) is 3.63. The monoisotopic (exact) mass is 245 g/mol. The van der Waals surface area contributed by atoms with Crippen molar-refractivity contribution in [1.29, 1.82) is 0 Å². The molecule has 2 heterocycles. The van der Waals surface area contributed by atoms with Crippen LogP contribution in [0, 0.1) is 6.92 Å². The number of nitrogens with zero attached hydrogens (tertiary/aromatic N) is 1. The van der Waals surface area contributed by atoms with Crippen molar-refractivity contribution in [2.24, 2.45) is 0 Å². The van der Waals surface area contributed by atoms with Crippen LogP contribution in [0.2, 0.25) is 0 Å². The highest BCUT2D eigenvalue weighted by atomic mass is 16.7. The fraction of sp³-hybridized carbons (Fsp3) is 0.500. The molecule has 18 heavy (non-hydrogen) atoms. The molecular formula is C14H20BNO2. The summed E-state index contributed by atoms with van der Waals surface area (Å²) < 4.78 is 11.7. The number of aromatic nitrogens is 1. The SMILES string of the molecule is Cc1ccc(/C=C/B2OC(C)(C)C(C)(C)O2)nc1. The van der Waals surface area contributed by atoms with Gasteiger partial charge in [0.2, 0.25) is 0 Å². The quantitative estimate of drug-likeness (QED) is 0.750. The number of pyridine rings is 1. The smallest absolute Gasteiger partial charge is 0.400 e. The molecule has 0 N–H and O–H groups in total. The average Bonchev–Trinajstić information content (AvgIpc) is 2.47. The van der Waals surface area contributed by atoms with Gasteiger partial charge in [-0.3, -0.25) is 4.98 Å². The zero-order chi connectivity index (χ0) is 13.4. The van der Waals surface area contributed by atoms with Crippen LogP contribution in [0.25, 0.3) is 6.08 Å². The molecule has 2 rings (SSSR count). The Kier molecular flexibility index (Phi) is 3.34. The molecule has 0 amide bonds. The predicted octanol–water partition coefficient (Wildman–Crippen LogP) is 3.03. The maximum atomic E-state index is 5.87. The molecule has 4 heteroatoms. The summed E-state index contributed by atoms with van der Waals surface area (Å²) in [5.41, 5.74) is 1.49. The lowest BCUT2D eigenvalue weighted by Gasteiger charge is -2.32. The minimum absolute atomic E-state index is 0.289.